The maximum atomic E-state index is 11.2. The van der Waals surface area contributed by atoms with Crippen LogP contribution in [0.2, 0.25) is 0 Å². The predicted octanol–water partition coefficient (Wildman–Crippen LogP) is 2.73. The Morgan fingerprint density at radius 3 is 2.42 bits per heavy atom. The van der Waals surface area contributed by atoms with Crippen molar-refractivity contribution in [3.05, 3.63) is 29.8 Å². The molecule has 1 saturated carbocycles. The van der Waals surface area contributed by atoms with Gasteiger partial charge in [-0.3, -0.25) is 0 Å². The number of aliphatic hydroxyl groups is 1. The third kappa shape index (κ3) is 3.48. The first-order chi connectivity index (χ1) is 11.4. The molecular weight excluding hydrogens is 238 g/mol. The molecule has 1 unspecified atom stereocenters. The van der Waals surface area contributed by atoms with Gasteiger partial charge in [0, 0.05) is 20.7 Å². The summed E-state index contributed by atoms with van der Waals surface area (Å²) in [6.07, 6.45) is 3.61. The highest BCUT2D eigenvalue weighted by Gasteiger charge is 2.38. The van der Waals surface area contributed by atoms with Crippen molar-refractivity contribution >= 4 is 0 Å². The Kier molecular flexibility index (Phi) is 2.58. The van der Waals surface area contributed by atoms with Crippen LogP contribution in [0.3, 0.4) is 0 Å². The third-order valence-corrected chi connectivity index (χ3v) is 4.03. The minimum absolute atomic E-state index is 0.0571. The van der Waals surface area contributed by atoms with E-state index in [1.165, 1.54) is 12.1 Å². The first kappa shape index (κ1) is 8.28. The van der Waals surface area contributed by atoms with E-state index in [1.807, 2.05) is 0 Å². The highest BCUT2D eigenvalue weighted by Crippen LogP contribution is 2.40. The average Bonchev–Trinajstić information content (AvgIpc) is 2.47. The first-order valence-corrected chi connectivity index (χ1v) is 6.72. The SMILES string of the molecule is [2H]C([2H])([2H])N(CC(c1ccc(O)cc1)C1(O)CCCCC1)C([2H])([2H])[2H]. The minimum Gasteiger partial charge on any atom is -0.508 e. The maximum absolute atomic E-state index is 11.2. The molecular formula is C16H25NO2. The molecule has 1 aliphatic rings. The van der Waals surface area contributed by atoms with Crippen LogP contribution in [-0.4, -0.2) is 41.2 Å². The molecule has 0 amide bonds. The van der Waals surface area contributed by atoms with Crippen molar-refractivity contribution in [2.24, 2.45) is 0 Å². The molecule has 0 spiro atoms. The van der Waals surface area contributed by atoms with Crippen LogP contribution in [0.4, 0.5) is 0 Å². The van der Waals surface area contributed by atoms with Crippen LogP contribution in [0, 0.1) is 0 Å². The lowest BCUT2D eigenvalue weighted by Gasteiger charge is -2.40. The van der Waals surface area contributed by atoms with Crippen LogP contribution >= 0.6 is 0 Å². The van der Waals surface area contributed by atoms with Crippen LogP contribution in [-0.2, 0) is 0 Å². The van der Waals surface area contributed by atoms with E-state index >= 15 is 0 Å². The maximum Gasteiger partial charge on any atom is 0.115 e. The Morgan fingerprint density at radius 2 is 1.84 bits per heavy atom. The van der Waals surface area contributed by atoms with Gasteiger partial charge in [-0.1, -0.05) is 31.4 Å². The molecule has 1 aromatic rings. The molecule has 3 heteroatoms. The molecule has 0 aromatic heterocycles. The van der Waals surface area contributed by atoms with E-state index in [4.69, 9.17) is 8.22 Å². The summed E-state index contributed by atoms with van der Waals surface area (Å²) in [5, 5.41) is 20.7. The second-order valence-corrected chi connectivity index (χ2v) is 5.42. The van der Waals surface area contributed by atoms with Crippen molar-refractivity contribution in [2.75, 3.05) is 20.5 Å². The molecule has 106 valence electrons. The largest absolute Gasteiger partial charge is 0.508 e. The zero-order chi connectivity index (χ0) is 18.9. The fraction of sp³-hybridized carbons (Fsp3) is 0.625. The van der Waals surface area contributed by atoms with E-state index in [1.54, 1.807) is 12.1 Å². The Labute approximate surface area is 124 Å². The number of phenolic OH excluding ortho intramolecular Hbond substituents is 1. The zero-order valence-electron chi connectivity index (χ0n) is 17.0. The van der Waals surface area contributed by atoms with E-state index in [0.29, 0.717) is 23.3 Å². The fourth-order valence-electron chi connectivity index (χ4n) is 2.99. The van der Waals surface area contributed by atoms with Crippen LogP contribution in [0.15, 0.2) is 24.3 Å². The molecule has 0 bridgehead atoms. The van der Waals surface area contributed by atoms with E-state index < -0.39 is 25.5 Å². The molecule has 0 aliphatic heterocycles. The lowest BCUT2D eigenvalue weighted by Crippen LogP contribution is -2.42. The number of hydrogen-bond donors (Lipinski definition) is 2. The highest BCUT2D eigenvalue weighted by atomic mass is 16.3. The molecule has 1 aromatic carbocycles. The van der Waals surface area contributed by atoms with Crippen LogP contribution < -0.4 is 0 Å². The summed E-state index contributed by atoms with van der Waals surface area (Å²) in [7, 11) is 0. The standard InChI is InChI=1S/C16H25NO2/c1-17(2)12-15(13-6-8-14(18)9-7-13)16(19)10-4-3-5-11-16/h6-9,15,18-19H,3-5,10-12H2,1-2H3/i1D3,2D3. The van der Waals surface area contributed by atoms with E-state index in [0.717, 1.165) is 19.3 Å². The normalized spacial score (nSPS) is 26.4. The van der Waals surface area contributed by atoms with Gasteiger partial charge in [0.05, 0.1) is 5.60 Å². The Balaban J connectivity index is 2.41. The summed E-state index contributed by atoms with van der Waals surface area (Å²) in [5.74, 6) is -0.615. The Bertz CT molecular complexity index is 549. The van der Waals surface area contributed by atoms with Gasteiger partial charge in [0.1, 0.15) is 5.75 Å². The fourth-order valence-corrected chi connectivity index (χ4v) is 2.99. The quantitative estimate of drug-likeness (QED) is 0.883. The molecule has 0 saturated heterocycles. The van der Waals surface area contributed by atoms with Gasteiger partial charge in [-0.2, -0.15) is 0 Å². The molecule has 1 atom stereocenters. The first-order valence-electron chi connectivity index (χ1n) is 9.72. The van der Waals surface area contributed by atoms with Crippen molar-refractivity contribution in [3.8, 4) is 5.75 Å². The lowest BCUT2D eigenvalue weighted by molar-refractivity contribution is -0.0277. The number of aromatic hydroxyl groups is 1. The summed E-state index contributed by atoms with van der Waals surface area (Å²) in [6.45, 7) is -5.91. The molecule has 0 radical (unpaired) electrons. The van der Waals surface area contributed by atoms with Crippen LogP contribution in [0.5, 0.6) is 5.75 Å². The smallest absolute Gasteiger partial charge is 0.115 e. The second-order valence-electron chi connectivity index (χ2n) is 5.42. The summed E-state index contributed by atoms with van der Waals surface area (Å²) in [4.78, 5) is 0.504. The zero-order valence-corrected chi connectivity index (χ0v) is 11.0. The van der Waals surface area contributed by atoms with Gasteiger partial charge in [0.25, 0.3) is 0 Å². The van der Waals surface area contributed by atoms with E-state index in [-0.39, 0.29) is 12.3 Å². The summed E-state index contributed by atoms with van der Waals surface area (Å²) >= 11 is 0. The number of phenols is 1. The van der Waals surface area contributed by atoms with Crippen LogP contribution in [0.25, 0.3) is 0 Å². The molecule has 2 N–H and O–H groups in total. The topological polar surface area (TPSA) is 43.7 Å². The van der Waals surface area contributed by atoms with Gasteiger partial charge in [-0.25, -0.2) is 0 Å². The van der Waals surface area contributed by atoms with Crippen molar-refractivity contribution in [3.63, 3.8) is 0 Å². The number of rotatable bonds is 4. The van der Waals surface area contributed by atoms with Gasteiger partial charge in [0.2, 0.25) is 0 Å². The van der Waals surface area contributed by atoms with Gasteiger partial charge in [-0.05, 0) is 44.5 Å². The Morgan fingerprint density at radius 1 is 1.21 bits per heavy atom. The van der Waals surface area contributed by atoms with Crippen LogP contribution in [0.1, 0.15) is 51.8 Å². The van der Waals surface area contributed by atoms with Gasteiger partial charge < -0.3 is 15.1 Å². The third-order valence-electron chi connectivity index (χ3n) is 4.03. The minimum atomic E-state index is -2.80. The van der Waals surface area contributed by atoms with Gasteiger partial charge >= 0.3 is 0 Å². The Hall–Kier alpha value is -1.06. The van der Waals surface area contributed by atoms with Crippen molar-refractivity contribution in [1.82, 2.24) is 4.90 Å². The predicted molar refractivity (Wildman–Crippen MR) is 77.4 cm³/mol. The van der Waals surface area contributed by atoms with Crippen molar-refractivity contribution < 1.29 is 18.4 Å². The highest BCUT2D eigenvalue weighted by molar-refractivity contribution is 5.30. The molecule has 3 nitrogen and oxygen atoms in total. The molecule has 19 heavy (non-hydrogen) atoms. The lowest BCUT2D eigenvalue weighted by atomic mass is 9.72. The number of benzene rings is 1. The van der Waals surface area contributed by atoms with Crippen molar-refractivity contribution in [2.45, 2.75) is 43.6 Å². The summed E-state index contributed by atoms with van der Waals surface area (Å²) in [5.41, 5.74) is -0.537. The van der Waals surface area contributed by atoms with Crippen molar-refractivity contribution in [1.29, 1.82) is 0 Å². The number of nitrogens with zero attached hydrogens (tertiary/aromatic N) is 1. The van der Waals surface area contributed by atoms with E-state index in [2.05, 4.69) is 0 Å². The summed E-state index contributed by atoms with van der Waals surface area (Å²) < 4.78 is 45.5. The monoisotopic (exact) mass is 269 g/mol. The molecule has 2 rings (SSSR count). The van der Waals surface area contributed by atoms with E-state index in [9.17, 15) is 10.2 Å². The second kappa shape index (κ2) is 5.93. The molecule has 0 heterocycles. The average molecular weight is 269 g/mol. The summed E-state index contributed by atoms with van der Waals surface area (Å²) in [6, 6.07) is 6.15. The van der Waals surface area contributed by atoms with Gasteiger partial charge in [0.15, 0.2) is 0 Å². The molecule has 1 aliphatic carbocycles. The molecule has 1 fully saturated rings. The number of hydrogen-bond acceptors (Lipinski definition) is 3. The van der Waals surface area contributed by atoms with Gasteiger partial charge in [-0.15, -0.1) is 0 Å². The number of likely N-dealkylation sites (N-methyl/N-ethyl adjacent to an activating group) is 1.